The monoisotopic (exact) mass is 443 g/mol. The molecule has 1 aromatic rings. The van der Waals surface area contributed by atoms with Gasteiger partial charge < -0.3 is 28.8 Å². The Balaban J connectivity index is 1.58. The van der Waals surface area contributed by atoms with Crippen molar-refractivity contribution in [2.45, 2.75) is 81.3 Å². The Morgan fingerprint density at radius 2 is 1.70 bits per heavy atom. The molecule has 3 fully saturated rings. The number of nitrogens with one attached hydrogen (secondary N) is 1. The van der Waals surface area contributed by atoms with Gasteiger partial charge in [-0.2, -0.15) is 0 Å². The van der Waals surface area contributed by atoms with E-state index < -0.39 is 51.8 Å². The molecule has 9 nitrogen and oxygen atoms in total. The number of ether oxygens (including phenoxy) is 5. The summed E-state index contributed by atoms with van der Waals surface area (Å²) in [4.78, 5) is 0.106. The van der Waals surface area contributed by atoms with Gasteiger partial charge in [0.2, 0.25) is 10.0 Å². The van der Waals surface area contributed by atoms with Crippen LogP contribution in [0.25, 0.3) is 0 Å². The van der Waals surface area contributed by atoms with E-state index in [1.165, 1.54) is 12.1 Å². The van der Waals surface area contributed by atoms with Crippen LogP contribution in [0.1, 0.15) is 33.3 Å². The second-order valence-electron chi connectivity index (χ2n) is 8.98. The summed E-state index contributed by atoms with van der Waals surface area (Å²) >= 11 is 0. The maximum Gasteiger partial charge on any atom is 0.240 e. The number of aliphatic hydroxyl groups is 1. The van der Waals surface area contributed by atoms with Crippen molar-refractivity contribution >= 4 is 10.0 Å². The lowest BCUT2D eigenvalue weighted by atomic mass is 9.89. The molecule has 0 spiro atoms. The summed E-state index contributed by atoms with van der Waals surface area (Å²) < 4.78 is 57.2. The number of hydrogen-bond acceptors (Lipinski definition) is 8. The Morgan fingerprint density at radius 3 is 2.30 bits per heavy atom. The van der Waals surface area contributed by atoms with Gasteiger partial charge >= 0.3 is 0 Å². The van der Waals surface area contributed by atoms with Crippen LogP contribution in [0.2, 0.25) is 0 Å². The van der Waals surface area contributed by atoms with Gasteiger partial charge in [-0.25, -0.2) is 13.1 Å². The second-order valence-corrected chi connectivity index (χ2v) is 10.7. The van der Waals surface area contributed by atoms with E-state index in [9.17, 15) is 13.5 Å². The van der Waals surface area contributed by atoms with Gasteiger partial charge in [0.15, 0.2) is 17.9 Å². The fourth-order valence-electron chi connectivity index (χ4n) is 4.08. The van der Waals surface area contributed by atoms with Crippen molar-refractivity contribution in [3.8, 4) is 0 Å². The molecular weight excluding hydrogens is 414 g/mol. The van der Waals surface area contributed by atoms with Crippen molar-refractivity contribution in [2.75, 3.05) is 13.2 Å². The molecule has 30 heavy (non-hydrogen) atoms. The molecular formula is C20H29NO8S. The van der Waals surface area contributed by atoms with Crippen molar-refractivity contribution < 1.29 is 37.2 Å². The zero-order chi connectivity index (χ0) is 21.9. The van der Waals surface area contributed by atoms with Crippen molar-refractivity contribution in [1.29, 1.82) is 0 Å². The van der Waals surface area contributed by atoms with Crippen molar-refractivity contribution in [3.05, 3.63) is 29.8 Å². The molecule has 0 bridgehead atoms. The Labute approximate surface area is 176 Å². The lowest BCUT2D eigenvalue weighted by Crippen LogP contribution is -2.59. The fourth-order valence-corrected chi connectivity index (χ4v) is 5.16. The second kappa shape index (κ2) is 7.21. The molecule has 3 aliphatic rings. The van der Waals surface area contributed by atoms with Crippen LogP contribution < -0.4 is 4.72 Å². The lowest BCUT2D eigenvalue weighted by Gasteiger charge is -2.36. The van der Waals surface area contributed by atoms with Gasteiger partial charge in [-0.1, -0.05) is 17.7 Å². The number of fused-ring (bicyclic) bond motifs is 1. The summed E-state index contributed by atoms with van der Waals surface area (Å²) in [5, 5.41) is 11.6. The first-order chi connectivity index (χ1) is 13.8. The molecule has 2 N–H and O–H groups in total. The van der Waals surface area contributed by atoms with Crippen LogP contribution in [0, 0.1) is 6.92 Å². The third-order valence-corrected chi connectivity index (χ3v) is 6.99. The van der Waals surface area contributed by atoms with Crippen LogP contribution in [0.15, 0.2) is 29.2 Å². The minimum absolute atomic E-state index is 0.106. The van der Waals surface area contributed by atoms with Gasteiger partial charge in [-0.15, -0.1) is 0 Å². The zero-order valence-corrected chi connectivity index (χ0v) is 18.6. The smallest absolute Gasteiger partial charge is 0.240 e. The highest BCUT2D eigenvalue weighted by Gasteiger charge is 2.66. The van der Waals surface area contributed by atoms with Gasteiger partial charge in [0.05, 0.1) is 11.5 Å². The minimum Gasteiger partial charge on any atom is -0.383 e. The molecule has 3 saturated heterocycles. The summed E-state index contributed by atoms with van der Waals surface area (Å²) in [5.74, 6) is -1.81. The maximum atomic E-state index is 12.8. The number of benzene rings is 1. The highest BCUT2D eigenvalue weighted by Crippen LogP contribution is 2.45. The van der Waals surface area contributed by atoms with E-state index in [0.29, 0.717) is 0 Å². The van der Waals surface area contributed by atoms with Crippen LogP contribution >= 0.6 is 0 Å². The molecule has 0 aliphatic carbocycles. The molecule has 0 radical (unpaired) electrons. The number of sulfonamides is 1. The van der Waals surface area contributed by atoms with E-state index in [4.69, 9.17) is 23.7 Å². The summed E-state index contributed by atoms with van der Waals surface area (Å²) in [6.45, 7) is 8.66. The van der Waals surface area contributed by atoms with Gasteiger partial charge in [-0.3, -0.25) is 0 Å². The van der Waals surface area contributed by atoms with Gasteiger partial charge in [0.1, 0.15) is 23.9 Å². The van der Waals surface area contributed by atoms with E-state index in [1.807, 2.05) is 6.92 Å². The third-order valence-electron chi connectivity index (χ3n) is 5.57. The standard InChI is InChI=1S/C20H29NO8S/c1-12-6-8-13(9-7-12)30(23,24)21-11-20(22)15(14-10-25-18(2,3)27-14)26-17-16(20)28-19(4,5)29-17/h6-9,14-17,21-22H,10-11H2,1-5H3/t14?,15-,16+,17-,20-/m1/s1. The molecule has 4 rings (SSSR count). The molecule has 0 amide bonds. The van der Waals surface area contributed by atoms with E-state index in [2.05, 4.69) is 4.72 Å². The van der Waals surface area contributed by atoms with Crippen LogP contribution in [-0.4, -0.2) is 68.5 Å². The molecule has 10 heteroatoms. The topological polar surface area (TPSA) is 113 Å². The number of aryl methyl sites for hydroxylation is 1. The highest BCUT2D eigenvalue weighted by molar-refractivity contribution is 7.89. The van der Waals surface area contributed by atoms with Crippen LogP contribution in [0.3, 0.4) is 0 Å². The maximum absolute atomic E-state index is 12.8. The molecule has 1 unspecified atom stereocenters. The van der Waals surface area contributed by atoms with E-state index >= 15 is 0 Å². The molecule has 3 aliphatic heterocycles. The Hall–Kier alpha value is -1.11. The fraction of sp³-hybridized carbons (Fsp3) is 0.700. The number of rotatable bonds is 5. The summed E-state index contributed by atoms with van der Waals surface area (Å²) in [5.41, 5.74) is -0.788. The first-order valence-corrected chi connectivity index (χ1v) is 11.4. The Bertz CT molecular complexity index is 900. The van der Waals surface area contributed by atoms with E-state index in [1.54, 1.807) is 39.8 Å². The van der Waals surface area contributed by atoms with Gasteiger partial charge in [0.25, 0.3) is 0 Å². The first kappa shape index (κ1) is 22.1. The lowest BCUT2D eigenvalue weighted by molar-refractivity contribution is -0.246. The highest BCUT2D eigenvalue weighted by atomic mass is 32.2. The Kier molecular flexibility index (Phi) is 5.31. The summed E-state index contributed by atoms with van der Waals surface area (Å²) in [6.07, 6.45) is -3.28. The van der Waals surface area contributed by atoms with E-state index in [0.717, 1.165) is 5.56 Å². The molecule has 5 atom stereocenters. The first-order valence-electron chi connectivity index (χ1n) is 9.93. The molecule has 1 aromatic carbocycles. The molecule has 168 valence electrons. The molecule has 0 aromatic heterocycles. The largest absolute Gasteiger partial charge is 0.383 e. The van der Waals surface area contributed by atoms with E-state index in [-0.39, 0.29) is 18.0 Å². The van der Waals surface area contributed by atoms with Gasteiger partial charge in [-0.05, 0) is 46.8 Å². The Morgan fingerprint density at radius 1 is 1.03 bits per heavy atom. The van der Waals surface area contributed by atoms with Crippen LogP contribution in [0.5, 0.6) is 0 Å². The van der Waals surface area contributed by atoms with Crippen molar-refractivity contribution in [2.24, 2.45) is 0 Å². The summed E-state index contributed by atoms with van der Waals surface area (Å²) in [6, 6.07) is 6.45. The average molecular weight is 444 g/mol. The normalized spacial score (nSPS) is 37.4. The molecule has 0 saturated carbocycles. The zero-order valence-electron chi connectivity index (χ0n) is 17.7. The van der Waals surface area contributed by atoms with Crippen molar-refractivity contribution in [1.82, 2.24) is 4.72 Å². The average Bonchev–Trinajstić information content (AvgIpc) is 3.23. The van der Waals surface area contributed by atoms with Crippen LogP contribution in [0.4, 0.5) is 0 Å². The minimum atomic E-state index is -3.86. The van der Waals surface area contributed by atoms with Crippen LogP contribution in [-0.2, 0) is 33.7 Å². The SMILES string of the molecule is Cc1ccc(S(=O)(=O)NC[C@@]2(O)[C@@H](C3COC(C)(C)O3)O[C@@H]3OC(C)(C)O[C@@H]32)cc1. The number of hydrogen-bond donors (Lipinski definition) is 2. The quantitative estimate of drug-likeness (QED) is 0.694. The van der Waals surface area contributed by atoms with Crippen molar-refractivity contribution in [3.63, 3.8) is 0 Å². The third kappa shape index (κ3) is 4.03. The predicted molar refractivity (Wildman–Crippen MR) is 105 cm³/mol. The summed E-state index contributed by atoms with van der Waals surface area (Å²) in [7, 11) is -3.86. The predicted octanol–water partition coefficient (Wildman–Crippen LogP) is 1.03. The van der Waals surface area contributed by atoms with Gasteiger partial charge in [0, 0.05) is 6.54 Å². The molecule has 3 heterocycles.